The summed E-state index contributed by atoms with van der Waals surface area (Å²) in [5.41, 5.74) is 3.93. The van der Waals surface area contributed by atoms with Gasteiger partial charge < -0.3 is 5.32 Å². The molecule has 2 rings (SSSR count). The van der Waals surface area contributed by atoms with E-state index in [0.29, 0.717) is 0 Å². The Labute approximate surface area is 113 Å². The van der Waals surface area contributed by atoms with E-state index in [1.807, 2.05) is 58.2 Å². The van der Waals surface area contributed by atoms with E-state index in [9.17, 15) is 4.79 Å². The first kappa shape index (κ1) is 13.3. The number of nitrogens with zero attached hydrogens (tertiary/aromatic N) is 2. The molecule has 1 N–H and O–H groups in total. The van der Waals surface area contributed by atoms with E-state index in [2.05, 4.69) is 10.4 Å². The van der Waals surface area contributed by atoms with Crippen LogP contribution in [0.2, 0.25) is 0 Å². The van der Waals surface area contributed by atoms with E-state index >= 15 is 0 Å². The molecule has 1 aromatic heterocycles. The molecule has 1 amide bonds. The minimum Gasteiger partial charge on any atom is -0.324 e. The Morgan fingerprint density at radius 1 is 1.21 bits per heavy atom. The molecule has 0 spiro atoms. The van der Waals surface area contributed by atoms with Crippen LogP contribution >= 0.6 is 0 Å². The molecule has 1 aromatic carbocycles. The SMILES string of the molecule is Cc1ccn(C(C)C(=O)Nc2c(C)cccc2C)n1. The molecule has 0 bridgehead atoms. The highest BCUT2D eigenvalue weighted by molar-refractivity contribution is 5.94. The molecule has 0 aliphatic rings. The summed E-state index contributed by atoms with van der Waals surface area (Å²) >= 11 is 0. The van der Waals surface area contributed by atoms with Crippen molar-refractivity contribution in [2.75, 3.05) is 5.32 Å². The number of para-hydroxylation sites is 1. The molecule has 100 valence electrons. The lowest BCUT2D eigenvalue weighted by atomic mass is 10.1. The first-order valence-corrected chi connectivity index (χ1v) is 6.38. The number of hydrogen-bond donors (Lipinski definition) is 1. The summed E-state index contributed by atoms with van der Waals surface area (Å²) in [5, 5.41) is 7.26. The molecule has 4 heteroatoms. The van der Waals surface area contributed by atoms with E-state index in [4.69, 9.17) is 0 Å². The Balaban J connectivity index is 2.17. The zero-order valence-corrected chi connectivity index (χ0v) is 11.8. The average molecular weight is 257 g/mol. The van der Waals surface area contributed by atoms with Crippen LogP contribution in [0, 0.1) is 20.8 Å². The summed E-state index contributed by atoms with van der Waals surface area (Å²) in [6, 6.07) is 7.53. The smallest absolute Gasteiger partial charge is 0.248 e. The predicted octanol–water partition coefficient (Wildman–Crippen LogP) is 3.01. The quantitative estimate of drug-likeness (QED) is 0.918. The average Bonchev–Trinajstić information content (AvgIpc) is 2.79. The van der Waals surface area contributed by atoms with Crippen molar-refractivity contribution in [3.05, 3.63) is 47.3 Å². The van der Waals surface area contributed by atoms with Gasteiger partial charge >= 0.3 is 0 Å². The fraction of sp³-hybridized carbons (Fsp3) is 0.333. The molecule has 2 aromatic rings. The Morgan fingerprint density at radius 2 is 1.84 bits per heavy atom. The van der Waals surface area contributed by atoms with E-state index in [1.54, 1.807) is 4.68 Å². The number of carbonyl (C=O) groups is 1. The summed E-state index contributed by atoms with van der Waals surface area (Å²) in [5.74, 6) is -0.0551. The summed E-state index contributed by atoms with van der Waals surface area (Å²) in [6.45, 7) is 7.73. The lowest BCUT2D eigenvalue weighted by Gasteiger charge is -2.15. The molecule has 0 aliphatic carbocycles. The van der Waals surface area contributed by atoms with E-state index < -0.39 is 0 Å². The Morgan fingerprint density at radius 3 is 2.37 bits per heavy atom. The van der Waals surface area contributed by atoms with Crippen molar-refractivity contribution in [2.45, 2.75) is 33.7 Å². The summed E-state index contributed by atoms with van der Waals surface area (Å²) < 4.78 is 1.68. The molecule has 19 heavy (non-hydrogen) atoms. The molecular formula is C15H19N3O. The van der Waals surface area contributed by atoms with Crippen molar-refractivity contribution < 1.29 is 4.79 Å². The van der Waals surface area contributed by atoms with Crippen LogP contribution in [0.15, 0.2) is 30.5 Å². The van der Waals surface area contributed by atoms with Crippen molar-refractivity contribution in [1.29, 1.82) is 0 Å². The number of amides is 1. The number of anilines is 1. The second-order valence-electron chi connectivity index (χ2n) is 4.87. The van der Waals surface area contributed by atoms with Crippen molar-refractivity contribution in [1.82, 2.24) is 9.78 Å². The van der Waals surface area contributed by atoms with Gasteiger partial charge in [0.2, 0.25) is 5.91 Å². The second kappa shape index (κ2) is 5.26. The van der Waals surface area contributed by atoms with Crippen LogP contribution < -0.4 is 5.32 Å². The topological polar surface area (TPSA) is 46.9 Å². The minimum atomic E-state index is -0.326. The number of carbonyl (C=O) groups excluding carboxylic acids is 1. The van der Waals surface area contributed by atoms with Crippen LogP contribution in [-0.2, 0) is 4.79 Å². The Bertz CT molecular complexity index is 581. The summed E-state index contributed by atoms with van der Waals surface area (Å²) in [6.07, 6.45) is 1.82. The van der Waals surface area contributed by atoms with Crippen molar-refractivity contribution in [3.8, 4) is 0 Å². The first-order valence-electron chi connectivity index (χ1n) is 6.38. The molecule has 1 atom stereocenters. The molecule has 1 unspecified atom stereocenters. The number of nitrogens with one attached hydrogen (secondary N) is 1. The lowest BCUT2D eigenvalue weighted by molar-refractivity contribution is -0.119. The monoisotopic (exact) mass is 257 g/mol. The second-order valence-corrected chi connectivity index (χ2v) is 4.87. The van der Waals surface area contributed by atoms with Gasteiger partial charge in [-0.1, -0.05) is 18.2 Å². The third-order valence-electron chi connectivity index (χ3n) is 3.25. The van der Waals surface area contributed by atoms with Gasteiger partial charge in [0, 0.05) is 11.9 Å². The van der Waals surface area contributed by atoms with Crippen molar-refractivity contribution >= 4 is 11.6 Å². The summed E-state index contributed by atoms with van der Waals surface area (Å²) in [7, 11) is 0. The van der Waals surface area contributed by atoms with E-state index in [1.165, 1.54) is 0 Å². The van der Waals surface area contributed by atoms with Crippen molar-refractivity contribution in [2.24, 2.45) is 0 Å². The Kier molecular flexibility index (Phi) is 3.69. The van der Waals surface area contributed by atoms with Crippen LogP contribution in [0.1, 0.15) is 29.8 Å². The highest BCUT2D eigenvalue weighted by Crippen LogP contribution is 2.20. The molecule has 1 heterocycles. The number of aromatic nitrogens is 2. The van der Waals surface area contributed by atoms with E-state index in [-0.39, 0.29) is 11.9 Å². The number of hydrogen-bond acceptors (Lipinski definition) is 2. The van der Waals surface area contributed by atoms with Gasteiger partial charge in [0.25, 0.3) is 0 Å². The van der Waals surface area contributed by atoms with E-state index in [0.717, 1.165) is 22.5 Å². The van der Waals surface area contributed by atoms with Gasteiger partial charge in [-0.2, -0.15) is 5.10 Å². The van der Waals surface area contributed by atoms with Crippen LogP contribution in [0.3, 0.4) is 0 Å². The lowest BCUT2D eigenvalue weighted by Crippen LogP contribution is -2.24. The van der Waals surface area contributed by atoms with Gasteiger partial charge in [-0.05, 0) is 44.9 Å². The number of aryl methyl sites for hydroxylation is 3. The maximum atomic E-state index is 12.3. The third-order valence-corrected chi connectivity index (χ3v) is 3.25. The zero-order valence-electron chi connectivity index (χ0n) is 11.8. The zero-order chi connectivity index (χ0) is 14.0. The molecule has 0 saturated heterocycles. The first-order chi connectivity index (χ1) is 8.99. The summed E-state index contributed by atoms with van der Waals surface area (Å²) in [4.78, 5) is 12.3. The molecule has 0 radical (unpaired) electrons. The minimum absolute atomic E-state index is 0.0551. The molecular weight excluding hydrogens is 238 g/mol. The van der Waals surface area contributed by atoms with Gasteiger partial charge in [0.05, 0.1) is 5.69 Å². The van der Waals surface area contributed by atoms with Gasteiger partial charge in [0.1, 0.15) is 6.04 Å². The van der Waals surface area contributed by atoms with Crippen LogP contribution in [0.5, 0.6) is 0 Å². The predicted molar refractivity (Wildman–Crippen MR) is 76.2 cm³/mol. The molecule has 0 aliphatic heterocycles. The van der Waals surface area contributed by atoms with Crippen molar-refractivity contribution in [3.63, 3.8) is 0 Å². The van der Waals surface area contributed by atoms with Crippen LogP contribution in [0.4, 0.5) is 5.69 Å². The normalized spacial score (nSPS) is 12.2. The maximum Gasteiger partial charge on any atom is 0.248 e. The number of benzene rings is 1. The van der Waals surface area contributed by atoms with Gasteiger partial charge in [-0.3, -0.25) is 9.48 Å². The largest absolute Gasteiger partial charge is 0.324 e. The fourth-order valence-electron chi connectivity index (χ4n) is 2.01. The fourth-order valence-corrected chi connectivity index (χ4v) is 2.01. The molecule has 0 saturated carbocycles. The standard InChI is InChI=1S/C15H19N3O/c1-10-6-5-7-11(2)14(10)16-15(19)13(4)18-9-8-12(3)17-18/h5-9,13H,1-4H3,(H,16,19). The van der Waals surface area contributed by atoms with Gasteiger partial charge in [0.15, 0.2) is 0 Å². The van der Waals surface area contributed by atoms with Gasteiger partial charge in [-0.15, -0.1) is 0 Å². The van der Waals surface area contributed by atoms with Gasteiger partial charge in [-0.25, -0.2) is 0 Å². The molecule has 4 nitrogen and oxygen atoms in total. The number of rotatable bonds is 3. The Hall–Kier alpha value is -2.10. The van der Waals surface area contributed by atoms with Crippen LogP contribution in [-0.4, -0.2) is 15.7 Å². The molecule has 0 fully saturated rings. The third kappa shape index (κ3) is 2.84. The maximum absolute atomic E-state index is 12.3. The highest BCUT2D eigenvalue weighted by atomic mass is 16.2. The highest BCUT2D eigenvalue weighted by Gasteiger charge is 2.17. The van der Waals surface area contributed by atoms with Crippen LogP contribution in [0.25, 0.3) is 0 Å².